The van der Waals surface area contributed by atoms with Crippen molar-refractivity contribution >= 4 is 0 Å². The SMILES string of the molecule is Cc1ncoc1-c1cnc(CCN)cn1. The summed E-state index contributed by atoms with van der Waals surface area (Å²) in [5.41, 5.74) is 7.82. The molecule has 2 aromatic rings. The first kappa shape index (κ1) is 9.79. The molecule has 0 atom stereocenters. The van der Waals surface area contributed by atoms with Crippen molar-refractivity contribution in [1.29, 1.82) is 0 Å². The van der Waals surface area contributed by atoms with Crippen LogP contribution >= 0.6 is 0 Å². The van der Waals surface area contributed by atoms with Gasteiger partial charge in [-0.25, -0.2) is 9.97 Å². The molecule has 5 nitrogen and oxygen atoms in total. The second-order valence-electron chi connectivity index (χ2n) is 3.20. The Hall–Kier alpha value is -1.75. The van der Waals surface area contributed by atoms with E-state index in [1.54, 1.807) is 12.4 Å². The number of aromatic nitrogens is 3. The summed E-state index contributed by atoms with van der Waals surface area (Å²) in [6.45, 7) is 2.45. The minimum atomic E-state index is 0.579. The van der Waals surface area contributed by atoms with Gasteiger partial charge in [-0.2, -0.15) is 0 Å². The molecule has 78 valence electrons. The molecular formula is C10H12N4O. The van der Waals surface area contributed by atoms with E-state index < -0.39 is 0 Å². The van der Waals surface area contributed by atoms with Gasteiger partial charge in [-0.3, -0.25) is 4.98 Å². The van der Waals surface area contributed by atoms with E-state index in [1.165, 1.54) is 6.39 Å². The summed E-state index contributed by atoms with van der Waals surface area (Å²) in [7, 11) is 0. The van der Waals surface area contributed by atoms with Crippen molar-refractivity contribution in [2.75, 3.05) is 6.54 Å². The molecule has 0 saturated carbocycles. The fourth-order valence-electron chi connectivity index (χ4n) is 1.30. The zero-order chi connectivity index (χ0) is 10.7. The average molecular weight is 204 g/mol. The van der Waals surface area contributed by atoms with E-state index in [4.69, 9.17) is 10.2 Å². The van der Waals surface area contributed by atoms with Crippen molar-refractivity contribution < 1.29 is 4.42 Å². The fraction of sp³-hybridized carbons (Fsp3) is 0.300. The molecule has 0 bridgehead atoms. The van der Waals surface area contributed by atoms with E-state index in [-0.39, 0.29) is 0 Å². The molecule has 0 aliphatic rings. The molecule has 2 rings (SSSR count). The van der Waals surface area contributed by atoms with Crippen molar-refractivity contribution in [3.8, 4) is 11.5 Å². The summed E-state index contributed by atoms with van der Waals surface area (Å²) < 4.78 is 5.21. The van der Waals surface area contributed by atoms with Crippen LogP contribution < -0.4 is 5.73 Å². The summed E-state index contributed by atoms with van der Waals surface area (Å²) in [5, 5.41) is 0. The highest BCUT2D eigenvalue weighted by Crippen LogP contribution is 2.18. The molecule has 2 N–H and O–H groups in total. The Morgan fingerprint density at radius 2 is 2.13 bits per heavy atom. The maximum Gasteiger partial charge on any atom is 0.181 e. The number of rotatable bonds is 3. The standard InChI is InChI=1S/C10H12N4O/c1-7-10(15-6-14-7)9-5-12-8(2-3-11)4-13-9/h4-6H,2-3,11H2,1H3. The van der Waals surface area contributed by atoms with Crippen LogP contribution in [0.15, 0.2) is 23.2 Å². The molecule has 5 heteroatoms. The molecule has 0 amide bonds. The van der Waals surface area contributed by atoms with E-state index in [1.807, 2.05) is 6.92 Å². The quantitative estimate of drug-likeness (QED) is 0.805. The molecule has 15 heavy (non-hydrogen) atoms. The second-order valence-corrected chi connectivity index (χ2v) is 3.20. The van der Waals surface area contributed by atoms with E-state index >= 15 is 0 Å². The van der Waals surface area contributed by atoms with Gasteiger partial charge in [0.05, 0.1) is 17.6 Å². The molecule has 0 aliphatic carbocycles. The van der Waals surface area contributed by atoms with Crippen LogP contribution in [0.4, 0.5) is 0 Å². The van der Waals surface area contributed by atoms with E-state index in [9.17, 15) is 0 Å². The van der Waals surface area contributed by atoms with Crippen LogP contribution in [-0.4, -0.2) is 21.5 Å². The Labute approximate surface area is 87.4 Å². The van der Waals surface area contributed by atoms with Gasteiger partial charge in [0.1, 0.15) is 5.69 Å². The lowest BCUT2D eigenvalue weighted by Gasteiger charge is -1.99. The number of oxazole rings is 1. The molecule has 2 aromatic heterocycles. The van der Waals surface area contributed by atoms with Gasteiger partial charge in [0.15, 0.2) is 12.2 Å². The van der Waals surface area contributed by atoms with Crippen molar-refractivity contribution in [2.24, 2.45) is 5.73 Å². The van der Waals surface area contributed by atoms with Gasteiger partial charge in [0, 0.05) is 12.6 Å². The largest absolute Gasteiger partial charge is 0.442 e. The van der Waals surface area contributed by atoms with E-state index in [2.05, 4.69) is 15.0 Å². The van der Waals surface area contributed by atoms with Gasteiger partial charge in [0.25, 0.3) is 0 Å². The predicted molar refractivity (Wildman–Crippen MR) is 55.0 cm³/mol. The molecule has 0 radical (unpaired) electrons. The summed E-state index contributed by atoms with van der Waals surface area (Å²) >= 11 is 0. The van der Waals surface area contributed by atoms with E-state index in [0.29, 0.717) is 18.0 Å². The second kappa shape index (κ2) is 4.18. The van der Waals surface area contributed by atoms with E-state index in [0.717, 1.165) is 17.8 Å². The molecule has 0 aliphatic heterocycles. The summed E-state index contributed by atoms with van der Waals surface area (Å²) in [6.07, 6.45) is 5.53. The van der Waals surface area contributed by atoms with Crippen LogP contribution in [0, 0.1) is 6.92 Å². The maximum absolute atomic E-state index is 5.42. The Morgan fingerprint density at radius 3 is 2.67 bits per heavy atom. The minimum absolute atomic E-state index is 0.579. The topological polar surface area (TPSA) is 77.8 Å². The smallest absolute Gasteiger partial charge is 0.181 e. The predicted octanol–water partition coefficient (Wildman–Crippen LogP) is 0.941. The fourth-order valence-corrected chi connectivity index (χ4v) is 1.30. The Morgan fingerprint density at radius 1 is 1.27 bits per heavy atom. The molecule has 0 fully saturated rings. The summed E-state index contributed by atoms with van der Waals surface area (Å²) in [4.78, 5) is 12.5. The van der Waals surface area contributed by atoms with Crippen molar-refractivity contribution in [2.45, 2.75) is 13.3 Å². The minimum Gasteiger partial charge on any atom is -0.442 e. The average Bonchev–Trinajstić information content (AvgIpc) is 2.66. The van der Waals surface area contributed by atoms with Gasteiger partial charge in [-0.1, -0.05) is 0 Å². The number of nitrogens with two attached hydrogens (primary N) is 1. The Kier molecular flexibility index (Phi) is 2.73. The Balaban J connectivity index is 2.28. The highest BCUT2D eigenvalue weighted by Gasteiger charge is 2.08. The van der Waals surface area contributed by atoms with Crippen molar-refractivity contribution in [1.82, 2.24) is 15.0 Å². The Bertz CT molecular complexity index is 435. The van der Waals surface area contributed by atoms with Crippen LogP contribution in [-0.2, 0) is 6.42 Å². The number of hydrogen-bond acceptors (Lipinski definition) is 5. The number of aryl methyl sites for hydroxylation is 1. The third-order valence-electron chi connectivity index (χ3n) is 2.08. The summed E-state index contributed by atoms with van der Waals surface area (Å²) in [6, 6.07) is 0. The zero-order valence-electron chi connectivity index (χ0n) is 8.47. The zero-order valence-corrected chi connectivity index (χ0v) is 8.47. The van der Waals surface area contributed by atoms with Gasteiger partial charge >= 0.3 is 0 Å². The van der Waals surface area contributed by atoms with Crippen LogP contribution in [0.5, 0.6) is 0 Å². The van der Waals surface area contributed by atoms with Gasteiger partial charge in [-0.15, -0.1) is 0 Å². The van der Waals surface area contributed by atoms with Crippen molar-refractivity contribution in [3.63, 3.8) is 0 Å². The molecule has 0 saturated heterocycles. The van der Waals surface area contributed by atoms with Gasteiger partial charge < -0.3 is 10.2 Å². The van der Waals surface area contributed by atoms with Crippen molar-refractivity contribution in [3.05, 3.63) is 30.2 Å². The molecule has 0 aromatic carbocycles. The van der Waals surface area contributed by atoms with Crippen LogP contribution in [0.1, 0.15) is 11.4 Å². The lowest BCUT2D eigenvalue weighted by Crippen LogP contribution is -2.04. The normalized spacial score (nSPS) is 10.5. The maximum atomic E-state index is 5.42. The van der Waals surface area contributed by atoms with Crippen LogP contribution in [0.2, 0.25) is 0 Å². The highest BCUT2D eigenvalue weighted by atomic mass is 16.3. The monoisotopic (exact) mass is 204 g/mol. The third kappa shape index (κ3) is 2.02. The lowest BCUT2D eigenvalue weighted by molar-refractivity contribution is 0.568. The van der Waals surface area contributed by atoms with Crippen LogP contribution in [0.3, 0.4) is 0 Å². The highest BCUT2D eigenvalue weighted by molar-refractivity contribution is 5.52. The third-order valence-corrected chi connectivity index (χ3v) is 2.08. The number of nitrogens with zero attached hydrogens (tertiary/aromatic N) is 3. The first-order chi connectivity index (χ1) is 7.31. The molecular weight excluding hydrogens is 192 g/mol. The molecule has 0 spiro atoms. The summed E-state index contributed by atoms with van der Waals surface area (Å²) in [5.74, 6) is 0.668. The lowest BCUT2D eigenvalue weighted by atomic mass is 10.2. The first-order valence-electron chi connectivity index (χ1n) is 4.72. The van der Waals surface area contributed by atoms with Gasteiger partial charge in [-0.05, 0) is 13.5 Å². The van der Waals surface area contributed by atoms with Crippen LogP contribution in [0.25, 0.3) is 11.5 Å². The van der Waals surface area contributed by atoms with Gasteiger partial charge in [0.2, 0.25) is 0 Å². The molecule has 2 heterocycles. The molecule has 0 unspecified atom stereocenters. The number of hydrogen-bond donors (Lipinski definition) is 1. The first-order valence-corrected chi connectivity index (χ1v) is 4.72.